The number of nitrogens with zero attached hydrogens (tertiary/aromatic N) is 2. The molecule has 0 aliphatic carbocycles. The molecule has 0 aromatic carbocycles. The van der Waals surface area contributed by atoms with Gasteiger partial charge in [0.05, 0.1) is 0 Å². The van der Waals surface area contributed by atoms with Crippen LogP contribution in [0, 0.1) is 0 Å². The third kappa shape index (κ3) is 3.73. The Bertz CT molecular complexity index is 228. The highest BCUT2D eigenvalue weighted by Gasteiger charge is 2.15. The van der Waals surface area contributed by atoms with Crippen LogP contribution < -0.4 is 10.6 Å². The van der Waals surface area contributed by atoms with Crippen LogP contribution in [-0.4, -0.2) is 74.6 Å². The Kier molecular flexibility index (Phi) is 4.56. The van der Waals surface area contributed by atoms with Gasteiger partial charge in [0.25, 0.3) is 0 Å². The second kappa shape index (κ2) is 6.18. The normalized spacial score (nSPS) is 25.1. The molecule has 0 bridgehead atoms. The number of carbonyl (C=O) groups is 1. The molecule has 2 aliphatic heterocycles. The summed E-state index contributed by atoms with van der Waals surface area (Å²) in [7, 11) is 0. The lowest BCUT2D eigenvalue weighted by atomic mass is 10.3. The van der Waals surface area contributed by atoms with Gasteiger partial charge in [-0.15, -0.1) is 0 Å². The van der Waals surface area contributed by atoms with Crippen LogP contribution >= 0.6 is 0 Å². The molecule has 2 rings (SSSR count). The second-order valence-electron chi connectivity index (χ2n) is 4.53. The van der Waals surface area contributed by atoms with Gasteiger partial charge in [-0.25, -0.2) is 0 Å². The Labute approximate surface area is 97.2 Å². The van der Waals surface area contributed by atoms with E-state index in [4.69, 9.17) is 0 Å². The molecule has 2 N–H and O–H groups in total. The number of carbonyl (C=O) groups excluding carboxylic acids is 1. The van der Waals surface area contributed by atoms with E-state index in [0.29, 0.717) is 6.42 Å². The average molecular weight is 226 g/mol. The van der Waals surface area contributed by atoms with Gasteiger partial charge >= 0.3 is 0 Å². The molecule has 16 heavy (non-hydrogen) atoms. The van der Waals surface area contributed by atoms with Crippen LogP contribution in [0.4, 0.5) is 0 Å². The fourth-order valence-corrected chi connectivity index (χ4v) is 2.25. The number of hydrogen-bond donors (Lipinski definition) is 2. The van der Waals surface area contributed by atoms with Gasteiger partial charge in [-0.1, -0.05) is 0 Å². The molecule has 1 amide bonds. The van der Waals surface area contributed by atoms with Gasteiger partial charge in [0.2, 0.25) is 5.91 Å². The van der Waals surface area contributed by atoms with Crippen LogP contribution in [0.3, 0.4) is 0 Å². The molecule has 0 atom stereocenters. The molecule has 2 heterocycles. The lowest BCUT2D eigenvalue weighted by Gasteiger charge is -2.29. The van der Waals surface area contributed by atoms with Crippen molar-refractivity contribution in [1.29, 1.82) is 0 Å². The van der Waals surface area contributed by atoms with Crippen molar-refractivity contribution in [3.8, 4) is 0 Å². The fourth-order valence-electron chi connectivity index (χ4n) is 2.25. The van der Waals surface area contributed by atoms with E-state index in [1.165, 1.54) is 0 Å². The summed E-state index contributed by atoms with van der Waals surface area (Å²) < 4.78 is 0. The lowest BCUT2D eigenvalue weighted by molar-refractivity contribution is -0.120. The molecule has 0 aromatic heterocycles. The van der Waals surface area contributed by atoms with E-state index < -0.39 is 0 Å². The van der Waals surface area contributed by atoms with E-state index in [1.807, 2.05) is 0 Å². The summed E-state index contributed by atoms with van der Waals surface area (Å²) in [6.07, 6.45) is 0.654. The Morgan fingerprint density at radius 3 is 2.31 bits per heavy atom. The van der Waals surface area contributed by atoms with Gasteiger partial charge in [-0.3, -0.25) is 14.6 Å². The second-order valence-corrected chi connectivity index (χ2v) is 4.53. The summed E-state index contributed by atoms with van der Waals surface area (Å²) in [6, 6.07) is 0. The highest BCUT2D eigenvalue weighted by Crippen LogP contribution is 1.98. The maximum absolute atomic E-state index is 11.2. The van der Waals surface area contributed by atoms with Crippen molar-refractivity contribution in [1.82, 2.24) is 20.4 Å². The smallest absolute Gasteiger partial charge is 0.221 e. The number of rotatable bonds is 3. The zero-order chi connectivity index (χ0) is 11.2. The molecule has 5 heteroatoms. The largest absolute Gasteiger partial charge is 0.355 e. The fraction of sp³-hybridized carbons (Fsp3) is 0.909. The van der Waals surface area contributed by atoms with Crippen LogP contribution in [0.5, 0.6) is 0 Å². The van der Waals surface area contributed by atoms with E-state index in [1.54, 1.807) is 0 Å². The van der Waals surface area contributed by atoms with Gasteiger partial charge in [-0.2, -0.15) is 0 Å². The first kappa shape index (κ1) is 11.8. The Morgan fingerprint density at radius 1 is 0.938 bits per heavy atom. The summed E-state index contributed by atoms with van der Waals surface area (Å²) in [5.74, 6) is 0.199. The molecule has 0 spiro atoms. The molecular formula is C11H22N4O. The molecule has 2 fully saturated rings. The van der Waals surface area contributed by atoms with E-state index in [9.17, 15) is 4.79 Å². The molecule has 5 nitrogen and oxygen atoms in total. The highest BCUT2D eigenvalue weighted by molar-refractivity contribution is 5.76. The third-order valence-corrected chi connectivity index (χ3v) is 3.35. The van der Waals surface area contributed by atoms with Gasteiger partial charge in [0, 0.05) is 65.3 Å². The zero-order valence-electron chi connectivity index (χ0n) is 9.87. The minimum atomic E-state index is 0.199. The van der Waals surface area contributed by atoms with Crippen molar-refractivity contribution in [3.05, 3.63) is 0 Å². The summed E-state index contributed by atoms with van der Waals surface area (Å²) in [6.45, 7) is 9.48. The summed E-state index contributed by atoms with van der Waals surface area (Å²) in [5, 5.41) is 6.27. The number of piperazine rings is 1. The SMILES string of the molecule is O=C1CCN(CCN2CCNCC2)CCN1. The Hall–Kier alpha value is -0.650. The predicted octanol–water partition coefficient (Wildman–Crippen LogP) is -1.29. The minimum absolute atomic E-state index is 0.199. The topological polar surface area (TPSA) is 47.6 Å². The molecule has 0 saturated carbocycles. The summed E-state index contributed by atoms with van der Waals surface area (Å²) >= 11 is 0. The van der Waals surface area contributed by atoms with Crippen molar-refractivity contribution >= 4 is 5.91 Å². The van der Waals surface area contributed by atoms with Crippen molar-refractivity contribution < 1.29 is 4.79 Å². The zero-order valence-corrected chi connectivity index (χ0v) is 9.87. The van der Waals surface area contributed by atoms with E-state index in [2.05, 4.69) is 20.4 Å². The number of nitrogens with one attached hydrogen (secondary N) is 2. The van der Waals surface area contributed by atoms with E-state index in [-0.39, 0.29) is 5.91 Å². The van der Waals surface area contributed by atoms with Crippen LogP contribution in [0.25, 0.3) is 0 Å². The molecule has 0 unspecified atom stereocenters. The molecular weight excluding hydrogens is 204 g/mol. The third-order valence-electron chi connectivity index (χ3n) is 3.35. The molecule has 0 radical (unpaired) electrons. The van der Waals surface area contributed by atoms with Crippen molar-refractivity contribution in [2.24, 2.45) is 0 Å². The molecule has 2 saturated heterocycles. The van der Waals surface area contributed by atoms with Crippen LogP contribution in [0.15, 0.2) is 0 Å². The number of amides is 1. The van der Waals surface area contributed by atoms with Gasteiger partial charge in [0.15, 0.2) is 0 Å². The Balaban J connectivity index is 1.66. The highest BCUT2D eigenvalue weighted by atomic mass is 16.1. The maximum atomic E-state index is 11.2. The van der Waals surface area contributed by atoms with Crippen LogP contribution in [0.2, 0.25) is 0 Å². The van der Waals surface area contributed by atoms with Crippen molar-refractivity contribution in [3.63, 3.8) is 0 Å². The maximum Gasteiger partial charge on any atom is 0.221 e. The minimum Gasteiger partial charge on any atom is -0.355 e. The van der Waals surface area contributed by atoms with Gasteiger partial charge in [-0.05, 0) is 0 Å². The van der Waals surface area contributed by atoms with Crippen molar-refractivity contribution in [2.45, 2.75) is 6.42 Å². The predicted molar refractivity (Wildman–Crippen MR) is 63.4 cm³/mol. The molecule has 0 aromatic rings. The average Bonchev–Trinajstić information content (AvgIpc) is 2.53. The quantitative estimate of drug-likeness (QED) is 0.629. The monoisotopic (exact) mass is 226 g/mol. The number of hydrogen-bond acceptors (Lipinski definition) is 4. The standard InChI is InChI=1S/C11H22N4O/c16-11-1-5-14(8-4-13-11)9-10-15-6-2-12-3-7-15/h12H,1-10H2,(H,13,16). The lowest BCUT2D eigenvalue weighted by Crippen LogP contribution is -2.46. The van der Waals surface area contributed by atoms with E-state index >= 15 is 0 Å². The van der Waals surface area contributed by atoms with E-state index in [0.717, 1.165) is 58.9 Å². The van der Waals surface area contributed by atoms with Crippen LogP contribution in [-0.2, 0) is 4.79 Å². The molecule has 2 aliphatic rings. The Morgan fingerprint density at radius 2 is 1.56 bits per heavy atom. The molecule has 92 valence electrons. The first-order chi connectivity index (χ1) is 7.84. The first-order valence-electron chi connectivity index (χ1n) is 6.27. The van der Waals surface area contributed by atoms with Gasteiger partial charge in [0.1, 0.15) is 0 Å². The van der Waals surface area contributed by atoms with Gasteiger partial charge < -0.3 is 10.6 Å². The van der Waals surface area contributed by atoms with Crippen LogP contribution in [0.1, 0.15) is 6.42 Å². The van der Waals surface area contributed by atoms with Crippen molar-refractivity contribution in [2.75, 3.05) is 58.9 Å². The first-order valence-corrected chi connectivity index (χ1v) is 6.27. The summed E-state index contributed by atoms with van der Waals surface area (Å²) in [5.41, 5.74) is 0. The summed E-state index contributed by atoms with van der Waals surface area (Å²) in [4.78, 5) is 16.1.